The summed E-state index contributed by atoms with van der Waals surface area (Å²) < 4.78 is 1.07. The van der Waals surface area contributed by atoms with E-state index in [0.717, 1.165) is 26.9 Å². The molecule has 3 rings (SSSR count). The molecule has 0 aliphatic carbocycles. The summed E-state index contributed by atoms with van der Waals surface area (Å²) in [5.41, 5.74) is 4.46. The number of aryl methyl sites for hydroxylation is 2. The van der Waals surface area contributed by atoms with Gasteiger partial charge in [-0.25, -0.2) is 4.99 Å². The number of amides is 1. The number of halogens is 1. The zero-order valence-electron chi connectivity index (χ0n) is 13.6. The lowest BCUT2D eigenvalue weighted by molar-refractivity contribution is -0.115. The quantitative estimate of drug-likeness (QED) is 0.719. The summed E-state index contributed by atoms with van der Waals surface area (Å²) in [5.74, 6) is -0.168. The van der Waals surface area contributed by atoms with Gasteiger partial charge in [-0.1, -0.05) is 28.1 Å². The molecule has 1 fully saturated rings. The zero-order chi connectivity index (χ0) is 18.0. The SMILES string of the molecule is Cc1cc(N=C2NC(=O)/C(=C/c3ccc(C#N)cc3)S2)cc(C)c1Br. The molecule has 2 aromatic carbocycles. The van der Waals surface area contributed by atoms with Crippen LogP contribution in [-0.4, -0.2) is 11.1 Å². The fraction of sp³-hybridized carbons (Fsp3) is 0.105. The first-order chi connectivity index (χ1) is 12.0. The van der Waals surface area contributed by atoms with Gasteiger partial charge < -0.3 is 5.32 Å². The number of benzene rings is 2. The van der Waals surface area contributed by atoms with Crippen LogP contribution in [0, 0.1) is 25.2 Å². The van der Waals surface area contributed by atoms with Gasteiger partial charge in [0.25, 0.3) is 5.91 Å². The molecule has 1 aliphatic rings. The second-order valence-electron chi connectivity index (χ2n) is 5.61. The zero-order valence-corrected chi connectivity index (χ0v) is 16.0. The molecule has 0 saturated carbocycles. The third kappa shape index (κ3) is 4.01. The standard InChI is InChI=1S/C19H14BrN3OS/c1-11-7-15(8-12(2)17(11)20)22-19-23-18(24)16(25-19)9-13-3-5-14(10-21)6-4-13/h3-9H,1-2H3,(H,22,23,24)/b16-9-. The summed E-state index contributed by atoms with van der Waals surface area (Å²) in [6.45, 7) is 4.02. The van der Waals surface area contributed by atoms with Gasteiger partial charge in [-0.3, -0.25) is 4.79 Å². The predicted octanol–water partition coefficient (Wildman–Crippen LogP) is 4.83. The van der Waals surface area contributed by atoms with Crippen LogP contribution in [0.1, 0.15) is 22.3 Å². The lowest BCUT2D eigenvalue weighted by Crippen LogP contribution is -2.19. The van der Waals surface area contributed by atoms with Crippen molar-refractivity contribution in [2.45, 2.75) is 13.8 Å². The Morgan fingerprint density at radius 2 is 1.84 bits per heavy atom. The van der Waals surface area contributed by atoms with Gasteiger partial charge in [0.2, 0.25) is 0 Å². The molecule has 0 bridgehead atoms. The molecular weight excluding hydrogens is 398 g/mol. The highest BCUT2D eigenvalue weighted by molar-refractivity contribution is 9.10. The Balaban J connectivity index is 1.84. The molecular formula is C19H14BrN3OS. The van der Waals surface area contributed by atoms with Gasteiger partial charge in [0.05, 0.1) is 22.2 Å². The molecule has 4 nitrogen and oxygen atoms in total. The smallest absolute Gasteiger partial charge is 0.264 e. The van der Waals surface area contributed by atoms with Gasteiger partial charge in [0, 0.05) is 4.47 Å². The Morgan fingerprint density at radius 1 is 1.20 bits per heavy atom. The molecule has 1 N–H and O–H groups in total. The molecule has 0 aromatic heterocycles. The molecule has 0 radical (unpaired) electrons. The van der Waals surface area contributed by atoms with Crippen LogP contribution < -0.4 is 5.32 Å². The summed E-state index contributed by atoms with van der Waals surface area (Å²) in [7, 11) is 0. The number of hydrogen-bond donors (Lipinski definition) is 1. The molecule has 1 aliphatic heterocycles. The molecule has 0 atom stereocenters. The average Bonchev–Trinajstić information content (AvgIpc) is 2.92. The highest BCUT2D eigenvalue weighted by Gasteiger charge is 2.23. The van der Waals surface area contributed by atoms with Crippen molar-refractivity contribution in [3.8, 4) is 6.07 Å². The number of nitriles is 1. The number of nitrogens with zero attached hydrogens (tertiary/aromatic N) is 2. The number of thioether (sulfide) groups is 1. The van der Waals surface area contributed by atoms with Crippen molar-refractivity contribution in [1.29, 1.82) is 5.26 Å². The Bertz CT molecular complexity index is 933. The minimum atomic E-state index is -0.168. The van der Waals surface area contributed by atoms with E-state index >= 15 is 0 Å². The molecule has 1 amide bonds. The number of amidine groups is 1. The molecule has 6 heteroatoms. The fourth-order valence-corrected chi connectivity index (χ4v) is 3.46. The monoisotopic (exact) mass is 411 g/mol. The first-order valence-electron chi connectivity index (χ1n) is 7.53. The lowest BCUT2D eigenvalue weighted by Gasteiger charge is -2.04. The fourth-order valence-electron chi connectivity index (χ4n) is 2.39. The Kier molecular flexibility index (Phi) is 5.07. The second-order valence-corrected chi connectivity index (χ2v) is 7.43. The predicted molar refractivity (Wildman–Crippen MR) is 106 cm³/mol. The largest absolute Gasteiger partial charge is 0.300 e. The van der Waals surface area contributed by atoms with Crippen molar-refractivity contribution in [1.82, 2.24) is 5.32 Å². The molecule has 0 spiro atoms. The topological polar surface area (TPSA) is 65.2 Å². The van der Waals surface area contributed by atoms with E-state index in [-0.39, 0.29) is 5.91 Å². The molecule has 0 unspecified atom stereocenters. The van der Waals surface area contributed by atoms with Crippen LogP contribution in [0.3, 0.4) is 0 Å². The van der Waals surface area contributed by atoms with Crippen molar-refractivity contribution < 1.29 is 4.79 Å². The van der Waals surface area contributed by atoms with E-state index in [9.17, 15) is 4.79 Å². The van der Waals surface area contributed by atoms with E-state index in [4.69, 9.17) is 5.26 Å². The number of hydrogen-bond acceptors (Lipinski definition) is 4. The maximum Gasteiger partial charge on any atom is 0.264 e. The van der Waals surface area contributed by atoms with E-state index < -0.39 is 0 Å². The highest BCUT2D eigenvalue weighted by Crippen LogP contribution is 2.30. The summed E-state index contributed by atoms with van der Waals surface area (Å²) in [6, 6.07) is 13.1. The molecule has 2 aromatic rings. The summed E-state index contributed by atoms with van der Waals surface area (Å²) in [6.07, 6.45) is 1.79. The Hall–Kier alpha value is -2.36. The summed E-state index contributed by atoms with van der Waals surface area (Å²) >= 11 is 4.85. The van der Waals surface area contributed by atoms with Gasteiger partial charge in [-0.2, -0.15) is 5.26 Å². The van der Waals surface area contributed by atoms with E-state index in [0.29, 0.717) is 15.6 Å². The molecule has 124 valence electrons. The Morgan fingerprint density at radius 3 is 2.44 bits per heavy atom. The van der Waals surface area contributed by atoms with Crippen LogP contribution in [0.5, 0.6) is 0 Å². The lowest BCUT2D eigenvalue weighted by atomic mass is 10.1. The summed E-state index contributed by atoms with van der Waals surface area (Å²) in [4.78, 5) is 17.3. The number of carbonyl (C=O) groups is 1. The van der Waals surface area contributed by atoms with E-state index in [1.165, 1.54) is 11.8 Å². The number of nitrogens with one attached hydrogen (secondary N) is 1. The third-order valence-corrected chi connectivity index (χ3v) is 5.80. The Labute approximate surface area is 158 Å². The van der Waals surface area contributed by atoms with Gasteiger partial charge in [-0.05, 0) is 72.6 Å². The highest BCUT2D eigenvalue weighted by atomic mass is 79.9. The normalized spacial score (nSPS) is 17.0. The van der Waals surface area contributed by atoms with Gasteiger partial charge in [0.15, 0.2) is 5.17 Å². The van der Waals surface area contributed by atoms with Crippen molar-refractivity contribution in [2.24, 2.45) is 4.99 Å². The van der Waals surface area contributed by atoms with Gasteiger partial charge >= 0.3 is 0 Å². The average molecular weight is 412 g/mol. The van der Waals surface area contributed by atoms with E-state index in [2.05, 4.69) is 32.3 Å². The third-order valence-electron chi connectivity index (χ3n) is 3.64. The van der Waals surface area contributed by atoms with Crippen LogP contribution in [0.25, 0.3) is 6.08 Å². The van der Waals surface area contributed by atoms with Crippen molar-refractivity contribution in [3.63, 3.8) is 0 Å². The van der Waals surface area contributed by atoms with Crippen molar-refractivity contribution in [3.05, 3.63) is 68.0 Å². The number of aliphatic imine (C=N–C) groups is 1. The molecule has 1 saturated heterocycles. The number of carbonyl (C=O) groups excluding carboxylic acids is 1. The minimum Gasteiger partial charge on any atom is -0.300 e. The maximum absolute atomic E-state index is 12.1. The van der Waals surface area contributed by atoms with Crippen LogP contribution in [-0.2, 0) is 4.79 Å². The van der Waals surface area contributed by atoms with Crippen LogP contribution in [0.2, 0.25) is 0 Å². The minimum absolute atomic E-state index is 0.168. The van der Waals surface area contributed by atoms with E-state index in [1.54, 1.807) is 18.2 Å². The molecule has 1 heterocycles. The second kappa shape index (κ2) is 7.26. The van der Waals surface area contributed by atoms with Crippen LogP contribution in [0.15, 0.2) is 50.8 Å². The number of rotatable bonds is 2. The van der Waals surface area contributed by atoms with Gasteiger partial charge in [0.1, 0.15) is 0 Å². The first kappa shape index (κ1) is 17.5. The summed E-state index contributed by atoms with van der Waals surface area (Å²) in [5, 5.41) is 12.2. The van der Waals surface area contributed by atoms with Crippen molar-refractivity contribution in [2.75, 3.05) is 0 Å². The van der Waals surface area contributed by atoms with Crippen LogP contribution in [0.4, 0.5) is 5.69 Å². The van der Waals surface area contributed by atoms with Crippen molar-refractivity contribution >= 4 is 50.5 Å². The van der Waals surface area contributed by atoms with E-state index in [1.807, 2.05) is 38.1 Å². The first-order valence-corrected chi connectivity index (χ1v) is 9.14. The van der Waals surface area contributed by atoms with Gasteiger partial charge in [-0.15, -0.1) is 0 Å². The maximum atomic E-state index is 12.1. The molecule has 25 heavy (non-hydrogen) atoms. The van der Waals surface area contributed by atoms with Crippen LogP contribution >= 0.6 is 27.7 Å².